The van der Waals surface area contributed by atoms with Gasteiger partial charge in [0.15, 0.2) is 17.0 Å². The monoisotopic (exact) mass is 508 g/mol. The van der Waals surface area contributed by atoms with Crippen LogP contribution in [-0.2, 0) is 0 Å². The molecular weight excluding hydrogens is 472 g/mol. The average Bonchev–Trinajstić information content (AvgIpc) is 3.67. The zero-order valence-corrected chi connectivity index (χ0v) is 21.6. The number of aromatic nitrogens is 4. The largest absolute Gasteiger partial charge is 0.365 e. The van der Waals surface area contributed by atoms with Crippen LogP contribution in [0, 0.1) is 0 Å². The lowest BCUT2D eigenvalue weighted by Crippen LogP contribution is -2.42. The van der Waals surface area contributed by atoms with Crippen molar-refractivity contribution in [2.75, 3.05) is 23.7 Å². The summed E-state index contributed by atoms with van der Waals surface area (Å²) in [4.78, 5) is 30.2. The van der Waals surface area contributed by atoms with Crippen molar-refractivity contribution in [3.8, 4) is 0 Å². The van der Waals surface area contributed by atoms with Gasteiger partial charge in [0.2, 0.25) is 5.95 Å². The lowest BCUT2D eigenvalue weighted by atomic mass is 9.92. The fraction of sp³-hybridized carbons (Fsp3) is 0.615. The second-order valence-corrected chi connectivity index (χ2v) is 11.6. The van der Waals surface area contributed by atoms with Crippen molar-refractivity contribution in [3.63, 3.8) is 0 Å². The molecule has 0 atom stereocenters. The third kappa shape index (κ3) is 4.93. The second kappa shape index (κ2) is 10.3. The number of nitrogens with zero attached hydrogens (tertiary/aromatic N) is 5. The Morgan fingerprint density at radius 1 is 0.972 bits per heavy atom. The molecule has 0 bridgehead atoms. The highest BCUT2D eigenvalue weighted by molar-refractivity contribution is 7.12. The van der Waals surface area contributed by atoms with Crippen LogP contribution in [0.2, 0.25) is 0 Å². The minimum atomic E-state index is 0.141. The van der Waals surface area contributed by atoms with Crippen LogP contribution in [0.4, 0.5) is 11.8 Å². The molecule has 0 spiro atoms. The molecule has 4 heterocycles. The molecule has 192 valence electrons. The van der Waals surface area contributed by atoms with Gasteiger partial charge in [-0.1, -0.05) is 18.9 Å². The van der Waals surface area contributed by atoms with Crippen LogP contribution in [-0.4, -0.2) is 61.5 Å². The molecule has 6 rings (SSSR count). The normalized spacial score (nSPS) is 23.9. The van der Waals surface area contributed by atoms with Crippen molar-refractivity contribution >= 4 is 40.2 Å². The quantitative estimate of drug-likeness (QED) is 0.452. The van der Waals surface area contributed by atoms with Gasteiger partial charge in [0.1, 0.15) is 0 Å². The van der Waals surface area contributed by atoms with Crippen molar-refractivity contribution in [2.24, 2.45) is 5.73 Å². The van der Waals surface area contributed by atoms with E-state index in [1.807, 2.05) is 28.7 Å². The van der Waals surface area contributed by atoms with E-state index in [9.17, 15) is 4.79 Å². The number of nitrogens with one attached hydrogen (secondary N) is 2. The van der Waals surface area contributed by atoms with Gasteiger partial charge in [-0.05, 0) is 62.8 Å². The van der Waals surface area contributed by atoms with E-state index in [-0.39, 0.29) is 11.9 Å². The Morgan fingerprint density at radius 3 is 2.44 bits per heavy atom. The van der Waals surface area contributed by atoms with Gasteiger partial charge >= 0.3 is 0 Å². The summed E-state index contributed by atoms with van der Waals surface area (Å²) >= 11 is 1.51. The summed E-state index contributed by atoms with van der Waals surface area (Å²) in [5.74, 6) is 1.62. The Morgan fingerprint density at radius 2 is 1.72 bits per heavy atom. The fourth-order valence-corrected chi connectivity index (χ4v) is 6.64. The Bertz CT molecular complexity index is 1170. The predicted octanol–water partition coefficient (Wildman–Crippen LogP) is 4.40. The SMILES string of the molecule is N[C@H]1CC[C@H](Nc2nc(NC3CCN(C(=O)c4cccs4)CC3)c3ncn(C4CCCC4)c3n2)CC1. The first-order chi connectivity index (χ1) is 17.6. The van der Waals surface area contributed by atoms with Crippen LogP contribution in [0.3, 0.4) is 0 Å². The van der Waals surface area contributed by atoms with E-state index in [1.165, 1.54) is 37.0 Å². The Labute approximate surface area is 215 Å². The van der Waals surface area contributed by atoms with Crippen molar-refractivity contribution < 1.29 is 4.79 Å². The third-order valence-corrected chi connectivity index (χ3v) is 8.96. The van der Waals surface area contributed by atoms with E-state index >= 15 is 0 Å². The summed E-state index contributed by atoms with van der Waals surface area (Å²) < 4.78 is 2.26. The molecule has 9 nitrogen and oxygen atoms in total. The summed E-state index contributed by atoms with van der Waals surface area (Å²) in [6.07, 6.45) is 12.8. The first kappa shape index (κ1) is 23.7. The van der Waals surface area contributed by atoms with E-state index < -0.39 is 0 Å². The van der Waals surface area contributed by atoms with Crippen LogP contribution in [0.1, 0.15) is 79.9 Å². The van der Waals surface area contributed by atoms with Gasteiger partial charge in [-0.25, -0.2) is 4.98 Å². The van der Waals surface area contributed by atoms with Crippen LogP contribution in [0.15, 0.2) is 23.8 Å². The van der Waals surface area contributed by atoms with Crippen molar-refractivity contribution in [1.29, 1.82) is 0 Å². The number of anilines is 2. The molecule has 1 aliphatic heterocycles. The van der Waals surface area contributed by atoms with Gasteiger partial charge in [0.05, 0.1) is 11.2 Å². The van der Waals surface area contributed by atoms with Crippen molar-refractivity contribution in [2.45, 2.75) is 88.4 Å². The number of imidazole rings is 1. The minimum Gasteiger partial charge on any atom is -0.365 e. The first-order valence-electron chi connectivity index (χ1n) is 13.5. The van der Waals surface area contributed by atoms with Crippen LogP contribution in [0.25, 0.3) is 11.2 Å². The van der Waals surface area contributed by atoms with Gasteiger partial charge in [-0.2, -0.15) is 9.97 Å². The highest BCUT2D eigenvalue weighted by Crippen LogP contribution is 2.34. The standard InChI is InChI=1S/C26H36N8OS/c27-17-7-9-18(10-8-17)30-26-31-23(22-24(32-26)34(16-28-22)20-4-1-2-5-20)29-19-11-13-33(14-12-19)25(35)21-6-3-15-36-21/h3,6,15-20H,1-2,4-5,7-14,27H2,(H2,29,30,31,32)/t17-,18-. The molecule has 1 saturated heterocycles. The van der Waals surface area contributed by atoms with Gasteiger partial charge in [-0.15, -0.1) is 11.3 Å². The topological polar surface area (TPSA) is 114 Å². The molecule has 2 aliphatic carbocycles. The number of hydrogen-bond acceptors (Lipinski definition) is 8. The molecule has 0 unspecified atom stereocenters. The lowest BCUT2D eigenvalue weighted by molar-refractivity contribution is 0.0723. The molecular formula is C26H36N8OS. The van der Waals surface area contributed by atoms with Crippen LogP contribution in [0.5, 0.6) is 0 Å². The van der Waals surface area contributed by atoms with Gasteiger partial charge < -0.3 is 25.8 Å². The molecule has 3 aliphatic rings. The second-order valence-electron chi connectivity index (χ2n) is 10.6. The minimum absolute atomic E-state index is 0.141. The zero-order valence-electron chi connectivity index (χ0n) is 20.7. The molecule has 3 aromatic heterocycles. The first-order valence-corrected chi connectivity index (χ1v) is 14.4. The van der Waals surface area contributed by atoms with E-state index in [1.54, 1.807) is 0 Å². The number of carbonyl (C=O) groups is 1. The highest BCUT2D eigenvalue weighted by Gasteiger charge is 2.27. The maximum Gasteiger partial charge on any atom is 0.263 e. The number of likely N-dealkylation sites (tertiary alicyclic amines) is 1. The fourth-order valence-electron chi connectivity index (χ4n) is 5.95. The Kier molecular flexibility index (Phi) is 6.79. The number of carbonyl (C=O) groups excluding carboxylic acids is 1. The predicted molar refractivity (Wildman–Crippen MR) is 144 cm³/mol. The van der Waals surface area contributed by atoms with Crippen LogP contribution < -0.4 is 16.4 Å². The summed E-state index contributed by atoms with van der Waals surface area (Å²) in [5, 5.41) is 9.25. The highest BCUT2D eigenvalue weighted by atomic mass is 32.1. The van der Waals surface area contributed by atoms with Gasteiger partial charge in [0, 0.05) is 37.3 Å². The van der Waals surface area contributed by atoms with Gasteiger partial charge in [0.25, 0.3) is 5.91 Å². The number of fused-ring (bicyclic) bond motifs is 1. The number of piperidine rings is 1. The molecule has 0 aromatic carbocycles. The molecule has 2 saturated carbocycles. The summed E-state index contributed by atoms with van der Waals surface area (Å²) in [6.45, 7) is 1.49. The van der Waals surface area contributed by atoms with E-state index in [0.717, 1.165) is 73.5 Å². The Balaban J connectivity index is 1.21. The van der Waals surface area contributed by atoms with E-state index in [0.29, 0.717) is 24.1 Å². The molecule has 3 fully saturated rings. The van der Waals surface area contributed by atoms with E-state index in [4.69, 9.17) is 20.7 Å². The van der Waals surface area contributed by atoms with Crippen molar-refractivity contribution in [1.82, 2.24) is 24.4 Å². The zero-order chi connectivity index (χ0) is 24.5. The number of amides is 1. The average molecular weight is 509 g/mol. The maximum atomic E-state index is 12.7. The smallest absolute Gasteiger partial charge is 0.263 e. The molecule has 36 heavy (non-hydrogen) atoms. The number of thiophene rings is 1. The molecule has 0 radical (unpaired) electrons. The molecule has 3 aromatic rings. The van der Waals surface area contributed by atoms with Crippen LogP contribution >= 0.6 is 11.3 Å². The lowest BCUT2D eigenvalue weighted by Gasteiger charge is -2.32. The number of hydrogen-bond donors (Lipinski definition) is 3. The molecule has 10 heteroatoms. The number of nitrogens with two attached hydrogens (primary N) is 1. The van der Waals surface area contributed by atoms with Gasteiger partial charge in [-0.3, -0.25) is 4.79 Å². The third-order valence-electron chi connectivity index (χ3n) is 8.10. The summed E-state index contributed by atoms with van der Waals surface area (Å²) in [5.41, 5.74) is 7.88. The Hall–Kier alpha value is -2.72. The number of rotatable bonds is 6. The summed E-state index contributed by atoms with van der Waals surface area (Å²) in [7, 11) is 0. The molecule has 1 amide bonds. The van der Waals surface area contributed by atoms with Crippen molar-refractivity contribution in [3.05, 3.63) is 28.7 Å². The molecule has 4 N–H and O–H groups in total. The van der Waals surface area contributed by atoms with E-state index in [2.05, 4.69) is 15.2 Å². The maximum absolute atomic E-state index is 12.7. The summed E-state index contributed by atoms with van der Waals surface area (Å²) in [6, 6.07) is 5.21.